The van der Waals surface area contributed by atoms with E-state index in [1.165, 1.54) is 6.07 Å². The molecule has 0 unspecified atom stereocenters. The van der Waals surface area contributed by atoms with Gasteiger partial charge in [0.05, 0.1) is 23.3 Å². The first-order valence-corrected chi connectivity index (χ1v) is 8.09. The molecule has 2 aromatic heterocycles. The number of carbonyl (C=O) groups is 1. The molecule has 0 radical (unpaired) electrons. The summed E-state index contributed by atoms with van der Waals surface area (Å²) in [5, 5.41) is 7.84. The lowest BCUT2D eigenvalue weighted by Gasteiger charge is -2.06. The highest BCUT2D eigenvalue weighted by Gasteiger charge is 2.11. The second kappa shape index (κ2) is 6.56. The minimum atomic E-state index is -0.679. The van der Waals surface area contributed by atoms with E-state index >= 15 is 0 Å². The Balaban J connectivity index is 1.67. The number of hydrogen-bond donors (Lipinski definition) is 1. The van der Waals surface area contributed by atoms with Gasteiger partial charge in [-0.05, 0) is 25.1 Å². The van der Waals surface area contributed by atoms with Crippen LogP contribution < -0.4 is 5.32 Å². The Kier molecular flexibility index (Phi) is 4.48. The van der Waals surface area contributed by atoms with Crippen LogP contribution in [0.1, 0.15) is 5.69 Å². The Morgan fingerprint density at radius 3 is 2.88 bits per heavy atom. The number of amides is 1. The fourth-order valence-electron chi connectivity index (χ4n) is 2.31. The predicted molar refractivity (Wildman–Crippen MR) is 89.0 cm³/mol. The van der Waals surface area contributed by atoms with Gasteiger partial charge < -0.3 is 5.32 Å². The van der Waals surface area contributed by atoms with Gasteiger partial charge in [0.25, 0.3) is 0 Å². The normalized spacial score (nSPS) is 11.0. The molecule has 3 rings (SSSR count). The first-order valence-electron chi connectivity index (χ1n) is 7.11. The van der Waals surface area contributed by atoms with Crippen molar-refractivity contribution in [3.8, 4) is 0 Å². The lowest BCUT2D eigenvalue weighted by atomic mass is 10.2. The second-order valence-corrected chi connectivity index (χ2v) is 6.23. The number of aromatic nitrogens is 3. The van der Waals surface area contributed by atoms with Crippen LogP contribution in [-0.4, -0.2) is 26.4 Å². The van der Waals surface area contributed by atoms with Crippen LogP contribution >= 0.6 is 11.8 Å². The Hall–Kier alpha value is -2.48. The molecule has 1 amide bonds. The van der Waals surface area contributed by atoms with Gasteiger partial charge in [0, 0.05) is 23.4 Å². The summed E-state index contributed by atoms with van der Waals surface area (Å²) in [7, 11) is 1.80. The third kappa shape index (κ3) is 3.38. The number of benzene rings is 1. The molecule has 8 heteroatoms. The Labute approximate surface area is 141 Å². The highest BCUT2D eigenvalue weighted by molar-refractivity contribution is 8.00. The molecule has 24 heavy (non-hydrogen) atoms. The zero-order chi connectivity index (χ0) is 17.3. The van der Waals surface area contributed by atoms with Gasteiger partial charge in [-0.1, -0.05) is 0 Å². The molecular weight excluding hydrogens is 334 g/mol. The number of carbonyl (C=O) groups excluding carboxylic acids is 1. The Morgan fingerprint density at radius 2 is 2.12 bits per heavy atom. The molecule has 0 fully saturated rings. The summed E-state index contributed by atoms with van der Waals surface area (Å²) in [5.41, 5.74) is 2.09. The van der Waals surface area contributed by atoms with E-state index in [0.29, 0.717) is 5.69 Å². The van der Waals surface area contributed by atoms with Crippen molar-refractivity contribution in [2.24, 2.45) is 7.05 Å². The molecule has 1 N–H and O–H groups in total. The summed E-state index contributed by atoms with van der Waals surface area (Å²) in [4.78, 5) is 16.5. The standard InChI is InChI=1S/C16H14F2N4OS/c1-9-12-6-11(7-19-16(12)22(2)21-9)20-15(23)8-24-14-4-3-10(17)5-13(14)18/h3-7H,8H2,1-2H3,(H,20,23). The molecule has 2 heterocycles. The molecule has 0 saturated carbocycles. The van der Waals surface area contributed by atoms with E-state index in [-0.39, 0.29) is 16.6 Å². The summed E-state index contributed by atoms with van der Waals surface area (Å²) < 4.78 is 28.1. The Bertz CT molecular complexity index is 926. The van der Waals surface area contributed by atoms with Gasteiger partial charge in [-0.2, -0.15) is 5.10 Å². The van der Waals surface area contributed by atoms with Gasteiger partial charge in [-0.25, -0.2) is 13.8 Å². The molecular formula is C16H14F2N4OS. The molecule has 0 saturated heterocycles. The van der Waals surface area contributed by atoms with Crippen molar-refractivity contribution >= 4 is 34.4 Å². The fourth-order valence-corrected chi connectivity index (χ4v) is 3.03. The maximum absolute atomic E-state index is 13.5. The molecule has 0 aliphatic rings. The van der Waals surface area contributed by atoms with Crippen LogP contribution in [0.3, 0.4) is 0 Å². The van der Waals surface area contributed by atoms with Crippen LogP contribution in [0.5, 0.6) is 0 Å². The first-order chi connectivity index (χ1) is 11.4. The molecule has 0 spiro atoms. The maximum Gasteiger partial charge on any atom is 0.234 e. The van der Waals surface area contributed by atoms with Crippen molar-refractivity contribution in [3.63, 3.8) is 0 Å². The van der Waals surface area contributed by atoms with Crippen LogP contribution in [0, 0.1) is 18.6 Å². The minimum absolute atomic E-state index is 0.00656. The number of halogens is 2. The van der Waals surface area contributed by atoms with Crippen molar-refractivity contribution in [1.29, 1.82) is 0 Å². The molecule has 5 nitrogen and oxygen atoms in total. The van der Waals surface area contributed by atoms with Crippen molar-refractivity contribution in [3.05, 3.63) is 47.8 Å². The van der Waals surface area contributed by atoms with E-state index in [9.17, 15) is 13.6 Å². The van der Waals surface area contributed by atoms with Gasteiger partial charge in [-0.15, -0.1) is 11.8 Å². The molecule has 0 bridgehead atoms. The summed E-state index contributed by atoms with van der Waals surface area (Å²) in [5.74, 6) is -1.62. The van der Waals surface area contributed by atoms with Crippen LogP contribution in [0.15, 0.2) is 35.4 Å². The van der Waals surface area contributed by atoms with Crippen LogP contribution in [0.4, 0.5) is 14.5 Å². The molecule has 0 aliphatic carbocycles. The highest BCUT2D eigenvalue weighted by Crippen LogP contribution is 2.23. The third-order valence-electron chi connectivity index (χ3n) is 3.40. The number of nitrogens with zero attached hydrogens (tertiary/aromatic N) is 3. The lowest BCUT2D eigenvalue weighted by Crippen LogP contribution is -2.14. The number of nitrogens with one attached hydrogen (secondary N) is 1. The number of fused-ring (bicyclic) bond motifs is 1. The van der Waals surface area contributed by atoms with Gasteiger partial charge in [0.15, 0.2) is 5.65 Å². The van der Waals surface area contributed by atoms with Crippen LogP contribution in [0.25, 0.3) is 11.0 Å². The average Bonchev–Trinajstić information content (AvgIpc) is 2.81. The topological polar surface area (TPSA) is 59.8 Å². The van der Waals surface area contributed by atoms with Gasteiger partial charge in [0.2, 0.25) is 5.91 Å². The van der Waals surface area contributed by atoms with E-state index in [2.05, 4.69) is 15.4 Å². The van der Waals surface area contributed by atoms with Gasteiger partial charge >= 0.3 is 0 Å². The average molecular weight is 348 g/mol. The lowest BCUT2D eigenvalue weighted by molar-refractivity contribution is -0.113. The predicted octanol–water partition coefficient (Wildman–Crippen LogP) is 3.29. The van der Waals surface area contributed by atoms with Crippen molar-refractivity contribution in [2.75, 3.05) is 11.1 Å². The second-order valence-electron chi connectivity index (χ2n) is 5.22. The number of anilines is 1. The van der Waals surface area contributed by atoms with E-state index in [0.717, 1.165) is 40.6 Å². The van der Waals surface area contributed by atoms with Crippen molar-refractivity contribution in [1.82, 2.24) is 14.8 Å². The summed E-state index contributed by atoms with van der Waals surface area (Å²) in [6.07, 6.45) is 1.55. The monoisotopic (exact) mass is 348 g/mol. The number of pyridine rings is 1. The van der Waals surface area contributed by atoms with Crippen LogP contribution in [0.2, 0.25) is 0 Å². The molecule has 124 valence electrons. The quantitative estimate of drug-likeness (QED) is 0.735. The molecule has 0 aliphatic heterocycles. The fraction of sp³-hybridized carbons (Fsp3) is 0.188. The Morgan fingerprint density at radius 1 is 1.33 bits per heavy atom. The molecule has 0 atom stereocenters. The van der Waals surface area contributed by atoms with E-state index in [4.69, 9.17) is 0 Å². The summed E-state index contributed by atoms with van der Waals surface area (Å²) in [6.45, 7) is 1.86. The number of thioether (sulfide) groups is 1. The van der Waals surface area contributed by atoms with E-state index in [1.54, 1.807) is 24.0 Å². The van der Waals surface area contributed by atoms with Crippen molar-refractivity contribution < 1.29 is 13.6 Å². The van der Waals surface area contributed by atoms with E-state index in [1.807, 2.05) is 6.92 Å². The van der Waals surface area contributed by atoms with Gasteiger partial charge in [-0.3, -0.25) is 9.48 Å². The van der Waals surface area contributed by atoms with Crippen LogP contribution in [-0.2, 0) is 11.8 Å². The van der Waals surface area contributed by atoms with Gasteiger partial charge in [0.1, 0.15) is 11.6 Å². The SMILES string of the molecule is Cc1nn(C)c2ncc(NC(=O)CSc3ccc(F)cc3F)cc12. The number of aryl methyl sites for hydroxylation is 2. The maximum atomic E-state index is 13.5. The zero-order valence-electron chi connectivity index (χ0n) is 13.0. The summed E-state index contributed by atoms with van der Waals surface area (Å²) in [6, 6.07) is 5.07. The minimum Gasteiger partial charge on any atom is -0.324 e. The highest BCUT2D eigenvalue weighted by atomic mass is 32.2. The smallest absolute Gasteiger partial charge is 0.234 e. The zero-order valence-corrected chi connectivity index (χ0v) is 13.8. The van der Waals surface area contributed by atoms with Crippen molar-refractivity contribution in [2.45, 2.75) is 11.8 Å². The summed E-state index contributed by atoms with van der Waals surface area (Å²) >= 11 is 1.00. The molecule has 1 aromatic carbocycles. The number of rotatable bonds is 4. The number of hydrogen-bond acceptors (Lipinski definition) is 4. The largest absolute Gasteiger partial charge is 0.324 e. The third-order valence-corrected chi connectivity index (χ3v) is 4.45. The van der Waals surface area contributed by atoms with E-state index < -0.39 is 11.6 Å². The molecule has 3 aromatic rings. The first kappa shape index (κ1) is 16.4.